The van der Waals surface area contributed by atoms with E-state index in [4.69, 9.17) is 11.6 Å². The second-order valence-corrected chi connectivity index (χ2v) is 8.06. The number of hydrogen-bond acceptors (Lipinski definition) is 3. The SMILES string of the molecule is CCSc1cc(-c2ccc(Cl)cc2)cnc1-c1cn2ccc(C(F)(F)F)cc2n1. The Labute approximate surface area is 174 Å². The Morgan fingerprint density at radius 1 is 1.07 bits per heavy atom. The monoisotopic (exact) mass is 433 g/mol. The number of rotatable bonds is 4. The van der Waals surface area contributed by atoms with E-state index in [1.165, 1.54) is 6.20 Å². The third kappa shape index (κ3) is 4.11. The zero-order chi connectivity index (χ0) is 20.6. The van der Waals surface area contributed by atoms with E-state index in [9.17, 15) is 13.2 Å². The Balaban J connectivity index is 1.78. The standard InChI is InChI=1S/C21H15ClF3N3S/c1-2-29-18-9-14(13-3-5-16(22)6-4-13)11-26-20(18)17-12-28-8-7-15(21(23,24)25)10-19(28)27-17/h3-12H,2H2,1H3. The van der Waals surface area contributed by atoms with Crippen LogP contribution in [0.5, 0.6) is 0 Å². The van der Waals surface area contributed by atoms with Crippen LogP contribution in [0.1, 0.15) is 12.5 Å². The molecule has 0 saturated heterocycles. The molecule has 148 valence electrons. The van der Waals surface area contributed by atoms with Gasteiger partial charge in [0.15, 0.2) is 0 Å². The average Bonchev–Trinajstić information content (AvgIpc) is 3.11. The van der Waals surface area contributed by atoms with Crippen molar-refractivity contribution in [3.8, 4) is 22.5 Å². The lowest BCUT2D eigenvalue weighted by Crippen LogP contribution is -2.05. The highest BCUT2D eigenvalue weighted by Gasteiger charge is 2.30. The van der Waals surface area contributed by atoms with Gasteiger partial charge in [0.1, 0.15) is 17.0 Å². The van der Waals surface area contributed by atoms with Crippen molar-refractivity contribution < 1.29 is 13.2 Å². The molecule has 4 aromatic rings. The number of pyridine rings is 2. The van der Waals surface area contributed by atoms with E-state index >= 15 is 0 Å². The maximum absolute atomic E-state index is 13.0. The van der Waals surface area contributed by atoms with Crippen molar-refractivity contribution in [1.29, 1.82) is 0 Å². The minimum atomic E-state index is -4.41. The first-order valence-electron chi connectivity index (χ1n) is 8.80. The van der Waals surface area contributed by atoms with Crippen LogP contribution in [0.2, 0.25) is 5.02 Å². The van der Waals surface area contributed by atoms with E-state index < -0.39 is 11.7 Å². The van der Waals surface area contributed by atoms with Crippen LogP contribution >= 0.6 is 23.4 Å². The van der Waals surface area contributed by atoms with E-state index in [-0.39, 0.29) is 5.65 Å². The van der Waals surface area contributed by atoms with Gasteiger partial charge in [0, 0.05) is 34.1 Å². The molecular formula is C21H15ClF3N3S. The normalized spacial score (nSPS) is 11.9. The summed E-state index contributed by atoms with van der Waals surface area (Å²) in [5.41, 5.74) is 2.60. The molecule has 0 aliphatic carbocycles. The van der Waals surface area contributed by atoms with Crippen molar-refractivity contribution >= 4 is 29.0 Å². The lowest BCUT2D eigenvalue weighted by Gasteiger charge is -2.09. The molecule has 29 heavy (non-hydrogen) atoms. The predicted molar refractivity (Wildman–Crippen MR) is 110 cm³/mol. The summed E-state index contributed by atoms with van der Waals surface area (Å²) in [7, 11) is 0. The zero-order valence-electron chi connectivity index (χ0n) is 15.2. The summed E-state index contributed by atoms with van der Waals surface area (Å²) in [4.78, 5) is 9.88. The Morgan fingerprint density at radius 3 is 2.52 bits per heavy atom. The van der Waals surface area contributed by atoms with Crippen LogP contribution in [0.4, 0.5) is 13.2 Å². The topological polar surface area (TPSA) is 30.2 Å². The Kier molecular flexibility index (Phi) is 5.27. The van der Waals surface area contributed by atoms with Gasteiger partial charge in [-0.1, -0.05) is 30.7 Å². The van der Waals surface area contributed by atoms with Crippen molar-refractivity contribution in [2.24, 2.45) is 0 Å². The number of imidazole rings is 1. The summed E-state index contributed by atoms with van der Waals surface area (Å²) in [5.74, 6) is 0.824. The molecule has 0 aliphatic heterocycles. The van der Waals surface area contributed by atoms with Gasteiger partial charge in [-0.3, -0.25) is 4.98 Å². The van der Waals surface area contributed by atoms with Crippen molar-refractivity contribution in [3.63, 3.8) is 0 Å². The molecule has 0 radical (unpaired) electrons. The fraction of sp³-hybridized carbons (Fsp3) is 0.143. The number of alkyl halides is 3. The van der Waals surface area contributed by atoms with Gasteiger partial charge in [-0.05, 0) is 41.6 Å². The lowest BCUT2D eigenvalue weighted by atomic mass is 10.1. The van der Waals surface area contributed by atoms with E-state index in [1.54, 1.807) is 28.6 Å². The van der Waals surface area contributed by atoms with Crippen molar-refractivity contribution in [2.45, 2.75) is 18.0 Å². The molecule has 3 heterocycles. The quantitative estimate of drug-likeness (QED) is 0.330. The highest BCUT2D eigenvalue weighted by Crippen LogP contribution is 2.34. The molecule has 3 nitrogen and oxygen atoms in total. The minimum Gasteiger partial charge on any atom is -0.306 e. The van der Waals surface area contributed by atoms with Gasteiger partial charge in [-0.25, -0.2) is 4.98 Å². The number of aromatic nitrogens is 3. The van der Waals surface area contributed by atoms with Crippen LogP contribution < -0.4 is 0 Å². The highest BCUT2D eigenvalue weighted by atomic mass is 35.5. The number of halogens is 4. The first-order valence-corrected chi connectivity index (χ1v) is 10.2. The van der Waals surface area contributed by atoms with Crippen LogP contribution in [-0.2, 0) is 6.18 Å². The Hall–Kier alpha value is -2.51. The molecule has 0 bridgehead atoms. The molecule has 0 spiro atoms. The lowest BCUT2D eigenvalue weighted by molar-refractivity contribution is -0.137. The third-order valence-corrected chi connectivity index (χ3v) is 5.52. The molecule has 4 rings (SSSR count). The molecule has 1 aromatic carbocycles. The van der Waals surface area contributed by atoms with Crippen LogP contribution in [0.3, 0.4) is 0 Å². The molecule has 0 unspecified atom stereocenters. The zero-order valence-corrected chi connectivity index (χ0v) is 16.8. The average molecular weight is 434 g/mol. The van der Waals surface area contributed by atoms with Gasteiger partial charge >= 0.3 is 6.18 Å². The van der Waals surface area contributed by atoms with Crippen LogP contribution in [-0.4, -0.2) is 20.1 Å². The second-order valence-electron chi connectivity index (χ2n) is 6.32. The van der Waals surface area contributed by atoms with Gasteiger partial charge in [0.25, 0.3) is 0 Å². The smallest absolute Gasteiger partial charge is 0.306 e. The van der Waals surface area contributed by atoms with Crippen molar-refractivity contribution in [2.75, 3.05) is 5.75 Å². The van der Waals surface area contributed by atoms with Crippen LogP contribution in [0.15, 0.2) is 66.0 Å². The largest absolute Gasteiger partial charge is 0.416 e. The van der Waals surface area contributed by atoms with Crippen LogP contribution in [0, 0.1) is 0 Å². The van der Waals surface area contributed by atoms with E-state index in [0.29, 0.717) is 16.4 Å². The molecule has 0 amide bonds. The molecule has 3 aromatic heterocycles. The van der Waals surface area contributed by atoms with Crippen molar-refractivity contribution in [3.05, 3.63) is 71.6 Å². The number of fused-ring (bicyclic) bond motifs is 1. The number of thioether (sulfide) groups is 1. The molecule has 0 fully saturated rings. The summed E-state index contributed by atoms with van der Waals surface area (Å²) in [6, 6.07) is 11.6. The highest BCUT2D eigenvalue weighted by molar-refractivity contribution is 7.99. The fourth-order valence-electron chi connectivity index (χ4n) is 2.97. The Bertz CT molecular complexity index is 1170. The number of hydrogen-bond donors (Lipinski definition) is 0. The summed E-state index contributed by atoms with van der Waals surface area (Å²) in [6.45, 7) is 2.03. The summed E-state index contributed by atoms with van der Waals surface area (Å²) < 4.78 is 40.5. The van der Waals surface area contributed by atoms with Crippen LogP contribution in [0.25, 0.3) is 28.2 Å². The fourth-order valence-corrected chi connectivity index (χ4v) is 3.92. The number of benzene rings is 1. The van der Waals surface area contributed by atoms with Crippen molar-refractivity contribution in [1.82, 2.24) is 14.4 Å². The molecule has 0 aliphatic rings. The number of nitrogens with zero attached hydrogens (tertiary/aromatic N) is 3. The van der Waals surface area contributed by atoms with Gasteiger partial charge in [0.2, 0.25) is 0 Å². The first-order chi connectivity index (χ1) is 13.8. The van der Waals surface area contributed by atoms with E-state index in [1.807, 2.05) is 37.3 Å². The predicted octanol–water partition coefficient (Wildman–Crippen LogP) is 6.85. The third-order valence-electron chi connectivity index (χ3n) is 4.36. The van der Waals surface area contributed by atoms with Gasteiger partial charge < -0.3 is 4.40 Å². The Morgan fingerprint density at radius 2 is 1.83 bits per heavy atom. The first kappa shape index (κ1) is 19.8. The van der Waals surface area contributed by atoms with Gasteiger partial charge in [0.05, 0.1) is 5.56 Å². The van der Waals surface area contributed by atoms with E-state index in [2.05, 4.69) is 9.97 Å². The molecule has 0 atom stereocenters. The summed E-state index contributed by atoms with van der Waals surface area (Å²) >= 11 is 7.57. The molecule has 0 N–H and O–H groups in total. The maximum Gasteiger partial charge on any atom is 0.416 e. The second kappa shape index (κ2) is 7.72. The summed E-state index contributed by atoms with van der Waals surface area (Å²) in [6.07, 6.45) is 0.391. The maximum atomic E-state index is 13.0. The molecule has 0 saturated carbocycles. The summed E-state index contributed by atoms with van der Waals surface area (Å²) in [5, 5.41) is 0.657. The molecule has 8 heteroatoms. The molecular weight excluding hydrogens is 419 g/mol. The minimum absolute atomic E-state index is 0.228. The van der Waals surface area contributed by atoms with E-state index in [0.717, 1.165) is 33.9 Å². The van der Waals surface area contributed by atoms with Gasteiger partial charge in [-0.2, -0.15) is 13.2 Å². The van der Waals surface area contributed by atoms with Gasteiger partial charge in [-0.15, -0.1) is 11.8 Å².